The van der Waals surface area contributed by atoms with E-state index >= 15 is 0 Å². The SMILES string of the molecule is CCC/C=C/C=C\C(CC)c1ccc2c(c1)C(=O)NC2=O. The molecule has 0 aliphatic carbocycles. The van der Waals surface area contributed by atoms with E-state index in [4.69, 9.17) is 0 Å². The van der Waals surface area contributed by atoms with E-state index in [0.29, 0.717) is 11.1 Å². The Morgan fingerprint density at radius 3 is 2.57 bits per heavy atom. The Morgan fingerprint density at radius 1 is 1.10 bits per heavy atom. The van der Waals surface area contributed by atoms with E-state index < -0.39 is 0 Å². The van der Waals surface area contributed by atoms with Crippen LogP contribution >= 0.6 is 0 Å². The van der Waals surface area contributed by atoms with E-state index in [9.17, 15) is 9.59 Å². The highest BCUT2D eigenvalue weighted by Gasteiger charge is 2.27. The van der Waals surface area contributed by atoms with Gasteiger partial charge in [0.25, 0.3) is 11.8 Å². The molecule has 0 bridgehead atoms. The number of hydrogen-bond donors (Lipinski definition) is 1. The summed E-state index contributed by atoms with van der Waals surface area (Å²) in [6, 6.07) is 5.52. The second kappa shape index (κ2) is 7.02. The van der Waals surface area contributed by atoms with Crippen molar-refractivity contribution in [2.45, 2.75) is 39.0 Å². The Balaban J connectivity index is 2.18. The van der Waals surface area contributed by atoms with Crippen LogP contribution in [0.15, 0.2) is 42.5 Å². The minimum atomic E-state index is -0.298. The maximum Gasteiger partial charge on any atom is 0.258 e. The van der Waals surface area contributed by atoms with Crippen LogP contribution in [0.4, 0.5) is 0 Å². The highest BCUT2D eigenvalue weighted by Crippen LogP contribution is 2.25. The summed E-state index contributed by atoms with van der Waals surface area (Å²) >= 11 is 0. The maximum absolute atomic E-state index is 11.7. The zero-order chi connectivity index (χ0) is 15.2. The van der Waals surface area contributed by atoms with Crippen molar-refractivity contribution in [3.8, 4) is 0 Å². The van der Waals surface area contributed by atoms with E-state index in [1.54, 1.807) is 6.07 Å². The summed E-state index contributed by atoms with van der Waals surface area (Å²) in [5, 5.41) is 2.33. The first-order valence-electron chi connectivity index (χ1n) is 7.50. The van der Waals surface area contributed by atoms with Crippen LogP contribution in [0.2, 0.25) is 0 Å². The summed E-state index contributed by atoms with van der Waals surface area (Å²) in [6.45, 7) is 4.27. The lowest BCUT2D eigenvalue weighted by molar-refractivity contribution is 0.0879. The lowest BCUT2D eigenvalue weighted by Gasteiger charge is -2.11. The molecule has 2 rings (SSSR count). The third-order valence-electron chi connectivity index (χ3n) is 3.67. The highest BCUT2D eigenvalue weighted by atomic mass is 16.2. The van der Waals surface area contributed by atoms with Crippen molar-refractivity contribution in [1.29, 1.82) is 0 Å². The van der Waals surface area contributed by atoms with Gasteiger partial charge in [0.15, 0.2) is 0 Å². The number of nitrogens with one attached hydrogen (secondary N) is 1. The average molecular weight is 283 g/mol. The molecule has 1 unspecified atom stereocenters. The topological polar surface area (TPSA) is 46.2 Å². The van der Waals surface area contributed by atoms with Crippen LogP contribution in [-0.4, -0.2) is 11.8 Å². The standard InChI is InChI=1S/C18H21NO2/c1-3-5-6-7-8-9-13(4-2)14-10-11-15-16(12-14)18(21)19-17(15)20/h6-13H,3-5H2,1-2H3,(H,19,20,21)/b7-6+,9-8-. The van der Waals surface area contributed by atoms with Gasteiger partial charge in [0, 0.05) is 5.92 Å². The second-order valence-corrected chi connectivity index (χ2v) is 5.20. The Kier molecular flexibility index (Phi) is 5.09. The molecular weight excluding hydrogens is 262 g/mol. The van der Waals surface area contributed by atoms with Gasteiger partial charge in [0.2, 0.25) is 0 Å². The van der Waals surface area contributed by atoms with Crippen molar-refractivity contribution >= 4 is 11.8 Å². The number of unbranched alkanes of at least 4 members (excludes halogenated alkanes) is 1. The molecule has 0 spiro atoms. The number of benzene rings is 1. The van der Waals surface area contributed by atoms with Crippen LogP contribution in [0.25, 0.3) is 0 Å². The molecule has 21 heavy (non-hydrogen) atoms. The van der Waals surface area contributed by atoms with Crippen LogP contribution in [0, 0.1) is 0 Å². The van der Waals surface area contributed by atoms with E-state index in [0.717, 1.165) is 24.8 Å². The van der Waals surface area contributed by atoms with Gasteiger partial charge < -0.3 is 0 Å². The first kappa shape index (κ1) is 15.2. The predicted octanol–water partition coefficient (Wildman–Crippen LogP) is 3.98. The van der Waals surface area contributed by atoms with E-state index in [-0.39, 0.29) is 17.7 Å². The molecule has 1 atom stereocenters. The molecule has 3 nitrogen and oxygen atoms in total. The van der Waals surface area contributed by atoms with E-state index in [1.165, 1.54) is 0 Å². The molecule has 0 saturated heterocycles. The summed E-state index contributed by atoms with van der Waals surface area (Å²) in [4.78, 5) is 23.3. The van der Waals surface area contributed by atoms with Gasteiger partial charge in [-0.25, -0.2) is 0 Å². The maximum atomic E-state index is 11.7. The van der Waals surface area contributed by atoms with Gasteiger partial charge in [0.05, 0.1) is 11.1 Å². The number of fused-ring (bicyclic) bond motifs is 1. The van der Waals surface area contributed by atoms with Gasteiger partial charge in [-0.15, -0.1) is 0 Å². The Labute approximate surface area is 125 Å². The minimum Gasteiger partial charge on any atom is -0.288 e. The van der Waals surface area contributed by atoms with E-state index in [1.807, 2.05) is 12.1 Å². The fraction of sp³-hybridized carbons (Fsp3) is 0.333. The Bertz CT molecular complexity index is 599. The fourth-order valence-electron chi connectivity index (χ4n) is 2.44. The van der Waals surface area contributed by atoms with Crippen LogP contribution in [0.3, 0.4) is 0 Å². The number of imide groups is 1. The molecule has 0 fully saturated rings. The summed E-state index contributed by atoms with van der Waals surface area (Å²) in [6.07, 6.45) is 11.6. The van der Waals surface area contributed by atoms with Gasteiger partial charge in [-0.05, 0) is 30.5 Å². The van der Waals surface area contributed by atoms with Crippen LogP contribution in [-0.2, 0) is 0 Å². The lowest BCUT2D eigenvalue weighted by atomic mass is 9.93. The van der Waals surface area contributed by atoms with Gasteiger partial charge >= 0.3 is 0 Å². The molecule has 0 aromatic heterocycles. The molecule has 1 heterocycles. The molecule has 1 aliphatic rings. The largest absolute Gasteiger partial charge is 0.288 e. The molecule has 3 heteroatoms. The summed E-state index contributed by atoms with van der Waals surface area (Å²) in [7, 11) is 0. The third kappa shape index (κ3) is 3.48. The van der Waals surface area contributed by atoms with Gasteiger partial charge in [-0.1, -0.05) is 50.6 Å². The molecule has 0 saturated carbocycles. The predicted molar refractivity (Wildman–Crippen MR) is 84.5 cm³/mol. The van der Waals surface area contributed by atoms with Crippen LogP contribution in [0.5, 0.6) is 0 Å². The van der Waals surface area contributed by atoms with Crippen molar-refractivity contribution in [3.63, 3.8) is 0 Å². The average Bonchev–Trinajstić information content (AvgIpc) is 2.77. The molecule has 0 radical (unpaired) electrons. The number of amides is 2. The Hall–Kier alpha value is -2.16. The summed E-state index contributed by atoms with van der Waals surface area (Å²) in [5.74, 6) is -0.337. The highest BCUT2D eigenvalue weighted by molar-refractivity contribution is 6.21. The Morgan fingerprint density at radius 2 is 1.86 bits per heavy atom. The van der Waals surface area contributed by atoms with Crippen molar-refractivity contribution in [1.82, 2.24) is 5.32 Å². The molecule has 1 N–H and O–H groups in total. The van der Waals surface area contributed by atoms with Gasteiger partial charge in [0.1, 0.15) is 0 Å². The van der Waals surface area contributed by atoms with Gasteiger partial charge in [-0.2, -0.15) is 0 Å². The lowest BCUT2D eigenvalue weighted by Crippen LogP contribution is -2.19. The number of hydrogen-bond acceptors (Lipinski definition) is 2. The zero-order valence-electron chi connectivity index (χ0n) is 12.6. The molecule has 1 aliphatic heterocycles. The first-order chi connectivity index (χ1) is 10.2. The molecular formula is C18H21NO2. The molecule has 1 aromatic carbocycles. The number of carbonyl (C=O) groups is 2. The number of allylic oxidation sites excluding steroid dienone is 4. The van der Waals surface area contributed by atoms with Crippen LogP contribution < -0.4 is 5.32 Å². The second-order valence-electron chi connectivity index (χ2n) is 5.20. The van der Waals surface area contributed by atoms with Gasteiger partial charge in [-0.3, -0.25) is 14.9 Å². The summed E-state index contributed by atoms with van der Waals surface area (Å²) in [5.41, 5.74) is 2.04. The van der Waals surface area contributed by atoms with Crippen LogP contribution in [0.1, 0.15) is 65.3 Å². The normalized spacial score (nSPS) is 15.7. The summed E-state index contributed by atoms with van der Waals surface area (Å²) < 4.78 is 0. The molecule has 1 aromatic rings. The van der Waals surface area contributed by atoms with Crippen molar-refractivity contribution in [2.24, 2.45) is 0 Å². The monoisotopic (exact) mass is 283 g/mol. The molecule has 110 valence electrons. The number of rotatable bonds is 6. The number of carbonyl (C=O) groups excluding carboxylic acids is 2. The minimum absolute atomic E-state index is 0.255. The van der Waals surface area contributed by atoms with E-state index in [2.05, 4.69) is 43.5 Å². The first-order valence-corrected chi connectivity index (χ1v) is 7.50. The quantitative estimate of drug-likeness (QED) is 0.634. The zero-order valence-corrected chi connectivity index (χ0v) is 12.6. The third-order valence-corrected chi connectivity index (χ3v) is 3.67. The molecule has 2 amide bonds. The van der Waals surface area contributed by atoms with Crippen molar-refractivity contribution < 1.29 is 9.59 Å². The fourth-order valence-corrected chi connectivity index (χ4v) is 2.44. The van der Waals surface area contributed by atoms with Crippen molar-refractivity contribution in [3.05, 3.63) is 59.2 Å². The smallest absolute Gasteiger partial charge is 0.258 e. The van der Waals surface area contributed by atoms with Crippen molar-refractivity contribution in [2.75, 3.05) is 0 Å².